The predicted molar refractivity (Wildman–Crippen MR) is 74.6 cm³/mol. The quantitative estimate of drug-likeness (QED) is 0.942. The molecule has 4 nitrogen and oxygen atoms in total. The van der Waals surface area contributed by atoms with Crippen molar-refractivity contribution >= 4 is 23.2 Å². The van der Waals surface area contributed by atoms with Crippen LogP contribution in [0.1, 0.15) is 24.4 Å². The molecule has 0 saturated heterocycles. The maximum atomic E-state index is 9.70. The Morgan fingerprint density at radius 2 is 2.16 bits per heavy atom. The third kappa shape index (κ3) is 3.21. The van der Waals surface area contributed by atoms with Crippen LogP contribution in [0.4, 0.5) is 0 Å². The highest BCUT2D eigenvalue weighted by Crippen LogP contribution is 2.28. The van der Waals surface area contributed by atoms with Crippen LogP contribution in [0, 0.1) is 0 Å². The number of halogens is 2. The molecule has 102 valence electrons. The topological polar surface area (TPSA) is 47.3 Å². The second-order valence-electron chi connectivity index (χ2n) is 4.20. The number of benzene rings is 1. The lowest BCUT2D eigenvalue weighted by Crippen LogP contribution is -2.05. The second-order valence-corrected chi connectivity index (χ2v) is 5.03. The SMILES string of the molecule is C[C@@H](O)c1cc(Cl)ccc1OCc1ncc(Cl)n1C. The Morgan fingerprint density at radius 3 is 2.74 bits per heavy atom. The van der Waals surface area contributed by atoms with E-state index in [0.29, 0.717) is 27.3 Å². The average molecular weight is 301 g/mol. The summed E-state index contributed by atoms with van der Waals surface area (Å²) in [7, 11) is 1.81. The molecular weight excluding hydrogens is 287 g/mol. The van der Waals surface area contributed by atoms with E-state index in [-0.39, 0.29) is 6.61 Å². The smallest absolute Gasteiger partial charge is 0.147 e. The number of rotatable bonds is 4. The maximum absolute atomic E-state index is 9.70. The van der Waals surface area contributed by atoms with Crippen LogP contribution in [0.5, 0.6) is 5.75 Å². The molecule has 2 aromatic rings. The van der Waals surface area contributed by atoms with E-state index < -0.39 is 6.10 Å². The monoisotopic (exact) mass is 300 g/mol. The van der Waals surface area contributed by atoms with Crippen molar-refractivity contribution in [3.63, 3.8) is 0 Å². The molecule has 19 heavy (non-hydrogen) atoms. The molecule has 1 aromatic carbocycles. The van der Waals surface area contributed by atoms with Crippen molar-refractivity contribution in [3.05, 3.63) is 46.0 Å². The van der Waals surface area contributed by atoms with Crippen LogP contribution >= 0.6 is 23.2 Å². The van der Waals surface area contributed by atoms with Gasteiger partial charge in [-0.05, 0) is 25.1 Å². The van der Waals surface area contributed by atoms with Gasteiger partial charge in [0.2, 0.25) is 0 Å². The zero-order valence-corrected chi connectivity index (χ0v) is 12.1. The molecule has 1 aromatic heterocycles. The molecule has 0 bridgehead atoms. The third-order valence-corrected chi connectivity index (χ3v) is 3.39. The van der Waals surface area contributed by atoms with Gasteiger partial charge >= 0.3 is 0 Å². The predicted octanol–water partition coefficient (Wildman–Crippen LogP) is 3.36. The Kier molecular flexibility index (Phi) is 4.34. The summed E-state index contributed by atoms with van der Waals surface area (Å²) in [5.41, 5.74) is 0.646. The summed E-state index contributed by atoms with van der Waals surface area (Å²) in [6.07, 6.45) is 0.913. The van der Waals surface area contributed by atoms with Crippen LogP contribution in [0.3, 0.4) is 0 Å². The molecule has 0 aliphatic heterocycles. The number of hydrogen-bond donors (Lipinski definition) is 1. The first-order valence-electron chi connectivity index (χ1n) is 5.75. The Morgan fingerprint density at radius 1 is 1.42 bits per heavy atom. The Hall–Kier alpha value is -1.23. The molecule has 6 heteroatoms. The summed E-state index contributed by atoms with van der Waals surface area (Å²) in [4.78, 5) is 4.14. The summed E-state index contributed by atoms with van der Waals surface area (Å²) in [5, 5.41) is 10.8. The minimum Gasteiger partial charge on any atom is -0.485 e. The third-order valence-electron chi connectivity index (χ3n) is 2.81. The summed E-state index contributed by atoms with van der Waals surface area (Å²) in [5.74, 6) is 1.29. The van der Waals surface area contributed by atoms with E-state index >= 15 is 0 Å². The van der Waals surface area contributed by atoms with Gasteiger partial charge in [0.25, 0.3) is 0 Å². The van der Waals surface area contributed by atoms with E-state index in [4.69, 9.17) is 27.9 Å². The van der Waals surface area contributed by atoms with Crippen molar-refractivity contribution in [1.82, 2.24) is 9.55 Å². The van der Waals surface area contributed by atoms with E-state index in [1.807, 2.05) is 7.05 Å². The summed E-state index contributed by atoms with van der Waals surface area (Å²) < 4.78 is 7.41. The van der Waals surface area contributed by atoms with E-state index in [9.17, 15) is 5.11 Å². The Balaban J connectivity index is 2.17. The normalized spacial score (nSPS) is 12.5. The number of ether oxygens (including phenoxy) is 1. The standard InChI is InChI=1S/C13H14Cl2N2O2/c1-8(18)10-5-9(14)3-4-11(10)19-7-13-16-6-12(15)17(13)2/h3-6,8,18H,7H2,1-2H3/t8-/m1/s1. The van der Waals surface area contributed by atoms with Gasteiger partial charge in [-0.2, -0.15) is 0 Å². The number of aliphatic hydroxyl groups is 1. The molecule has 0 aliphatic carbocycles. The van der Waals surface area contributed by atoms with Crippen molar-refractivity contribution in [2.75, 3.05) is 0 Å². The molecule has 0 spiro atoms. The van der Waals surface area contributed by atoms with Crippen LogP contribution in [0.15, 0.2) is 24.4 Å². The minimum absolute atomic E-state index is 0.268. The van der Waals surface area contributed by atoms with Gasteiger partial charge < -0.3 is 14.4 Å². The minimum atomic E-state index is -0.654. The van der Waals surface area contributed by atoms with Crippen LogP contribution < -0.4 is 4.74 Å². The largest absolute Gasteiger partial charge is 0.485 e. The Labute approximate surface area is 121 Å². The van der Waals surface area contributed by atoms with E-state index in [0.717, 1.165) is 0 Å². The lowest BCUT2D eigenvalue weighted by molar-refractivity contribution is 0.189. The fourth-order valence-electron chi connectivity index (χ4n) is 1.68. The molecule has 1 N–H and O–H groups in total. The first kappa shape index (κ1) is 14.2. The average Bonchev–Trinajstić information content (AvgIpc) is 2.68. The maximum Gasteiger partial charge on any atom is 0.147 e. The molecule has 1 atom stereocenters. The summed E-state index contributed by atoms with van der Waals surface area (Å²) >= 11 is 11.8. The lowest BCUT2D eigenvalue weighted by atomic mass is 10.1. The highest BCUT2D eigenvalue weighted by Gasteiger charge is 2.12. The number of aromatic nitrogens is 2. The number of hydrogen-bond acceptors (Lipinski definition) is 3. The molecule has 0 unspecified atom stereocenters. The van der Waals surface area contributed by atoms with Crippen LogP contribution in [-0.2, 0) is 13.7 Å². The van der Waals surface area contributed by atoms with Crippen molar-refractivity contribution in [2.45, 2.75) is 19.6 Å². The van der Waals surface area contributed by atoms with Crippen molar-refractivity contribution in [2.24, 2.45) is 7.05 Å². The fraction of sp³-hybridized carbons (Fsp3) is 0.308. The van der Waals surface area contributed by atoms with E-state index in [1.54, 1.807) is 35.9 Å². The van der Waals surface area contributed by atoms with Crippen LogP contribution in [-0.4, -0.2) is 14.7 Å². The number of nitrogens with zero attached hydrogens (tertiary/aromatic N) is 2. The van der Waals surface area contributed by atoms with E-state index in [1.165, 1.54) is 0 Å². The second kappa shape index (κ2) is 5.82. The molecule has 0 saturated carbocycles. The molecule has 0 amide bonds. The number of aliphatic hydroxyl groups excluding tert-OH is 1. The summed E-state index contributed by atoms with van der Waals surface area (Å²) in [6, 6.07) is 5.13. The van der Waals surface area contributed by atoms with Gasteiger partial charge in [-0.25, -0.2) is 4.98 Å². The highest BCUT2D eigenvalue weighted by molar-refractivity contribution is 6.30. The summed E-state index contributed by atoms with van der Waals surface area (Å²) in [6.45, 7) is 1.93. The molecule has 0 aliphatic rings. The highest BCUT2D eigenvalue weighted by atomic mass is 35.5. The molecule has 0 fully saturated rings. The first-order chi connectivity index (χ1) is 8.99. The zero-order valence-electron chi connectivity index (χ0n) is 10.6. The van der Waals surface area contributed by atoms with Gasteiger partial charge in [0.1, 0.15) is 23.3 Å². The first-order valence-corrected chi connectivity index (χ1v) is 6.51. The van der Waals surface area contributed by atoms with Gasteiger partial charge in [-0.3, -0.25) is 0 Å². The van der Waals surface area contributed by atoms with Gasteiger partial charge in [0, 0.05) is 17.6 Å². The van der Waals surface area contributed by atoms with E-state index in [2.05, 4.69) is 4.98 Å². The van der Waals surface area contributed by atoms with Crippen molar-refractivity contribution in [1.29, 1.82) is 0 Å². The Bertz CT molecular complexity index is 582. The van der Waals surface area contributed by atoms with Crippen molar-refractivity contribution < 1.29 is 9.84 Å². The van der Waals surface area contributed by atoms with Gasteiger partial charge in [-0.15, -0.1) is 0 Å². The van der Waals surface area contributed by atoms with Crippen molar-refractivity contribution in [3.8, 4) is 5.75 Å². The van der Waals surface area contributed by atoms with Crippen LogP contribution in [0.25, 0.3) is 0 Å². The molecule has 1 heterocycles. The lowest BCUT2D eigenvalue weighted by Gasteiger charge is -2.13. The number of imidazole rings is 1. The van der Waals surface area contributed by atoms with Gasteiger partial charge in [-0.1, -0.05) is 23.2 Å². The van der Waals surface area contributed by atoms with Gasteiger partial charge in [0.05, 0.1) is 12.3 Å². The molecule has 2 rings (SSSR count). The molecule has 0 radical (unpaired) electrons. The van der Waals surface area contributed by atoms with Crippen LogP contribution in [0.2, 0.25) is 10.2 Å². The zero-order chi connectivity index (χ0) is 14.0. The fourth-order valence-corrected chi connectivity index (χ4v) is 2.00. The van der Waals surface area contributed by atoms with Gasteiger partial charge in [0.15, 0.2) is 0 Å². The molecular formula is C13H14Cl2N2O2.